The Hall–Kier alpha value is -2.60. The molecule has 1 aliphatic heterocycles. The number of carbonyl (C=O) groups is 2. The number of piperidine rings is 1. The highest BCUT2D eigenvalue weighted by atomic mass is 16.5. The van der Waals surface area contributed by atoms with Gasteiger partial charge >= 0.3 is 0 Å². The smallest absolute Gasteiger partial charge is 0.220 e. The average molecular weight is 398 g/mol. The van der Waals surface area contributed by atoms with Crippen LogP contribution in [0.25, 0.3) is 0 Å². The fraction of sp³-hybridized carbons (Fsp3) is 0.478. The number of methoxy groups -OCH3 is 1. The van der Waals surface area contributed by atoms with Crippen LogP contribution in [0.4, 0.5) is 0 Å². The Morgan fingerprint density at radius 2 is 1.79 bits per heavy atom. The molecule has 0 unspecified atom stereocenters. The van der Waals surface area contributed by atoms with Crippen molar-refractivity contribution >= 4 is 11.7 Å². The van der Waals surface area contributed by atoms with E-state index in [0.717, 1.165) is 61.6 Å². The molecule has 0 radical (unpaired) electrons. The van der Waals surface area contributed by atoms with Gasteiger partial charge in [0.05, 0.1) is 13.7 Å². The Morgan fingerprint density at radius 3 is 2.38 bits per heavy atom. The van der Waals surface area contributed by atoms with Crippen LogP contribution in [-0.4, -0.2) is 47.9 Å². The highest BCUT2D eigenvalue weighted by molar-refractivity contribution is 5.99. The Labute approximate surface area is 172 Å². The lowest BCUT2D eigenvalue weighted by atomic mass is 9.96. The molecule has 6 heteroatoms. The minimum absolute atomic E-state index is 0.0515. The number of benzene rings is 1. The van der Waals surface area contributed by atoms with Crippen molar-refractivity contribution in [3.05, 3.63) is 52.8 Å². The number of ether oxygens (including phenoxy) is 1. The number of nitrogens with two attached hydrogens (primary N) is 1. The number of primary amides is 1. The second-order valence-electron chi connectivity index (χ2n) is 7.91. The van der Waals surface area contributed by atoms with Gasteiger partial charge in [-0.25, -0.2) is 0 Å². The highest BCUT2D eigenvalue weighted by Gasteiger charge is 2.25. The Morgan fingerprint density at radius 1 is 1.14 bits per heavy atom. The van der Waals surface area contributed by atoms with Crippen molar-refractivity contribution in [3.8, 4) is 5.75 Å². The number of aromatic nitrogens is 1. The number of ketones is 1. The number of likely N-dealkylation sites (tertiary alicyclic amines) is 1. The molecule has 0 bridgehead atoms. The lowest BCUT2D eigenvalue weighted by Crippen LogP contribution is -2.40. The van der Waals surface area contributed by atoms with Gasteiger partial charge in [0.15, 0.2) is 5.78 Å². The summed E-state index contributed by atoms with van der Waals surface area (Å²) in [4.78, 5) is 26.3. The third-order valence-corrected chi connectivity index (χ3v) is 6.01. The Bertz CT molecular complexity index is 862. The lowest BCUT2D eigenvalue weighted by molar-refractivity contribution is -0.123. The molecule has 1 amide bonds. The topological polar surface area (TPSA) is 77.6 Å². The summed E-state index contributed by atoms with van der Waals surface area (Å²) in [5, 5.41) is 0. The maximum atomic E-state index is 12.9. The fourth-order valence-electron chi connectivity index (χ4n) is 4.12. The Balaban J connectivity index is 1.60. The molecule has 1 saturated heterocycles. The summed E-state index contributed by atoms with van der Waals surface area (Å²) < 4.78 is 7.43. The molecule has 2 heterocycles. The second-order valence-corrected chi connectivity index (χ2v) is 7.91. The van der Waals surface area contributed by atoms with Crippen molar-refractivity contribution in [3.63, 3.8) is 0 Å². The van der Waals surface area contributed by atoms with E-state index in [4.69, 9.17) is 10.5 Å². The summed E-state index contributed by atoms with van der Waals surface area (Å²) >= 11 is 0. The summed E-state index contributed by atoms with van der Waals surface area (Å²) in [6, 6.07) is 10.1. The summed E-state index contributed by atoms with van der Waals surface area (Å²) in [6.45, 7) is 6.80. The van der Waals surface area contributed by atoms with E-state index < -0.39 is 0 Å². The quantitative estimate of drug-likeness (QED) is 0.695. The zero-order valence-corrected chi connectivity index (χ0v) is 17.6. The van der Waals surface area contributed by atoms with Gasteiger partial charge in [0, 0.05) is 29.4 Å². The number of carbonyl (C=O) groups excluding carboxylic acids is 2. The van der Waals surface area contributed by atoms with Gasteiger partial charge in [0.25, 0.3) is 0 Å². The predicted molar refractivity (Wildman–Crippen MR) is 113 cm³/mol. The third-order valence-electron chi connectivity index (χ3n) is 6.01. The van der Waals surface area contributed by atoms with Crippen molar-refractivity contribution in [2.45, 2.75) is 39.7 Å². The van der Waals surface area contributed by atoms with E-state index in [9.17, 15) is 9.59 Å². The van der Waals surface area contributed by atoms with Crippen LogP contribution in [0, 0.1) is 19.8 Å². The molecule has 6 nitrogen and oxygen atoms in total. The predicted octanol–water partition coefficient (Wildman–Crippen LogP) is 2.74. The van der Waals surface area contributed by atoms with E-state index in [1.165, 1.54) is 5.56 Å². The van der Waals surface area contributed by atoms with E-state index in [-0.39, 0.29) is 17.6 Å². The monoisotopic (exact) mass is 397 g/mol. The van der Waals surface area contributed by atoms with Crippen LogP contribution < -0.4 is 10.5 Å². The standard InChI is InChI=1S/C23H31N3O3/c1-16-14-21(22(27)15-25-11-9-19(10-12-25)23(24)28)17(2)26(16)13-8-18-4-6-20(29-3)7-5-18/h4-7,14,19H,8-13,15H2,1-3H3,(H2,24,28). The first-order chi connectivity index (χ1) is 13.9. The van der Waals surface area contributed by atoms with Crippen LogP contribution in [0.2, 0.25) is 0 Å². The summed E-state index contributed by atoms with van der Waals surface area (Å²) in [5.41, 5.74) is 9.56. The molecule has 3 rings (SSSR count). The molecule has 0 aliphatic carbocycles. The van der Waals surface area contributed by atoms with Crippen LogP contribution in [0.5, 0.6) is 5.75 Å². The molecule has 1 aromatic carbocycles. The minimum Gasteiger partial charge on any atom is -0.497 e. The fourth-order valence-corrected chi connectivity index (χ4v) is 4.12. The van der Waals surface area contributed by atoms with Gasteiger partial charge in [-0.1, -0.05) is 12.1 Å². The van der Waals surface area contributed by atoms with Crippen molar-refractivity contribution in [2.24, 2.45) is 11.7 Å². The second kappa shape index (κ2) is 9.27. The molecule has 0 spiro atoms. The minimum atomic E-state index is -0.226. The zero-order valence-electron chi connectivity index (χ0n) is 17.6. The van der Waals surface area contributed by atoms with Crippen LogP contribution in [0.1, 0.15) is 40.2 Å². The van der Waals surface area contributed by atoms with Gasteiger partial charge in [-0.05, 0) is 70.0 Å². The number of hydrogen-bond acceptors (Lipinski definition) is 4. The molecular formula is C23H31N3O3. The van der Waals surface area contributed by atoms with Crippen LogP contribution in [-0.2, 0) is 17.8 Å². The molecule has 1 aliphatic rings. The van der Waals surface area contributed by atoms with Gasteiger partial charge in [0.1, 0.15) is 5.75 Å². The number of rotatable bonds is 8. The molecular weight excluding hydrogens is 366 g/mol. The van der Waals surface area contributed by atoms with Crippen LogP contribution in [0.3, 0.4) is 0 Å². The van der Waals surface area contributed by atoms with E-state index >= 15 is 0 Å². The molecule has 1 fully saturated rings. The van der Waals surface area contributed by atoms with E-state index in [1.807, 2.05) is 25.1 Å². The molecule has 156 valence electrons. The first kappa shape index (κ1) is 21.1. The van der Waals surface area contributed by atoms with Crippen molar-refractivity contribution in [2.75, 3.05) is 26.7 Å². The number of nitrogens with zero attached hydrogens (tertiary/aromatic N) is 2. The highest BCUT2D eigenvalue weighted by Crippen LogP contribution is 2.20. The van der Waals surface area contributed by atoms with E-state index in [0.29, 0.717) is 6.54 Å². The van der Waals surface area contributed by atoms with Crippen molar-refractivity contribution in [1.82, 2.24) is 9.47 Å². The van der Waals surface area contributed by atoms with Gasteiger partial charge in [-0.3, -0.25) is 14.5 Å². The number of hydrogen-bond donors (Lipinski definition) is 1. The average Bonchev–Trinajstić information content (AvgIpc) is 3.01. The number of Topliss-reactive ketones (excluding diaryl/α,β-unsaturated/α-hetero) is 1. The van der Waals surface area contributed by atoms with Crippen LogP contribution in [0.15, 0.2) is 30.3 Å². The normalized spacial score (nSPS) is 15.4. The number of amides is 1. The third kappa shape index (κ3) is 5.07. The summed E-state index contributed by atoms with van der Waals surface area (Å²) in [7, 11) is 1.67. The largest absolute Gasteiger partial charge is 0.497 e. The summed E-state index contributed by atoms with van der Waals surface area (Å²) in [6.07, 6.45) is 2.38. The SMILES string of the molecule is COc1ccc(CCn2c(C)cc(C(=O)CN3CCC(C(N)=O)CC3)c2C)cc1. The first-order valence-electron chi connectivity index (χ1n) is 10.2. The molecule has 0 saturated carbocycles. The van der Waals surface area contributed by atoms with Crippen molar-refractivity contribution in [1.29, 1.82) is 0 Å². The Kier molecular flexibility index (Phi) is 6.75. The van der Waals surface area contributed by atoms with Crippen molar-refractivity contribution < 1.29 is 14.3 Å². The molecule has 29 heavy (non-hydrogen) atoms. The molecule has 2 N–H and O–H groups in total. The molecule has 2 aromatic rings. The van der Waals surface area contributed by atoms with E-state index in [2.05, 4.69) is 28.5 Å². The van der Waals surface area contributed by atoms with Gasteiger partial charge in [0.2, 0.25) is 5.91 Å². The van der Waals surface area contributed by atoms with Gasteiger partial charge in [-0.2, -0.15) is 0 Å². The maximum absolute atomic E-state index is 12.9. The van der Waals surface area contributed by atoms with E-state index in [1.54, 1.807) is 7.11 Å². The lowest BCUT2D eigenvalue weighted by Gasteiger charge is -2.29. The number of aryl methyl sites for hydroxylation is 2. The van der Waals surface area contributed by atoms with Crippen LogP contribution >= 0.6 is 0 Å². The first-order valence-corrected chi connectivity index (χ1v) is 10.2. The van der Waals surface area contributed by atoms with Gasteiger partial charge in [-0.15, -0.1) is 0 Å². The molecule has 1 aromatic heterocycles. The summed E-state index contributed by atoms with van der Waals surface area (Å²) in [5.74, 6) is 0.724. The maximum Gasteiger partial charge on any atom is 0.220 e. The van der Waals surface area contributed by atoms with Gasteiger partial charge < -0.3 is 15.0 Å². The zero-order chi connectivity index (χ0) is 21.0. The molecule has 0 atom stereocenters.